The first-order valence-corrected chi connectivity index (χ1v) is 8.23. The lowest BCUT2D eigenvalue weighted by Gasteiger charge is -2.46. The van der Waals surface area contributed by atoms with Crippen molar-refractivity contribution in [2.75, 3.05) is 6.61 Å². The maximum absolute atomic E-state index is 12.2. The molecule has 3 aliphatic rings. The van der Waals surface area contributed by atoms with Gasteiger partial charge in [-0.15, -0.1) is 11.8 Å². The van der Waals surface area contributed by atoms with Gasteiger partial charge in [0, 0.05) is 22.5 Å². The van der Waals surface area contributed by atoms with E-state index in [1.807, 2.05) is 6.92 Å². The van der Waals surface area contributed by atoms with E-state index in [4.69, 9.17) is 10.5 Å². The number of carboxylic acid groups (broad SMARTS) is 1. The van der Waals surface area contributed by atoms with Crippen molar-refractivity contribution in [2.24, 2.45) is 17.6 Å². The predicted octanol–water partition coefficient (Wildman–Crippen LogP) is -0.0530. The van der Waals surface area contributed by atoms with Crippen LogP contribution in [-0.2, 0) is 14.3 Å². The Bertz CT molecular complexity index is 549. The zero-order chi connectivity index (χ0) is 16.2. The van der Waals surface area contributed by atoms with Crippen LogP contribution in [-0.4, -0.2) is 57.2 Å². The van der Waals surface area contributed by atoms with Crippen molar-refractivity contribution in [1.29, 1.82) is 0 Å². The molecule has 0 unspecified atom stereocenters. The van der Waals surface area contributed by atoms with Crippen molar-refractivity contribution in [3.63, 3.8) is 0 Å². The number of nitrogens with zero attached hydrogens (tertiary/aromatic N) is 1. The van der Waals surface area contributed by atoms with Crippen LogP contribution in [0, 0.1) is 11.8 Å². The van der Waals surface area contributed by atoms with Crippen molar-refractivity contribution in [1.82, 2.24) is 4.90 Å². The number of aliphatic hydroxyl groups is 1. The second-order valence-corrected chi connectivity index (χ2v) is 7.46. The van der Waals surface area contributed by atoms with E-state index in [0.717, 1.165) is 0 Å². The molecule has 2 saturated heterocycles. The molecular formula is C14H20N2O5S. The van der Waals surface area contributed by atoms with Crippen LogP contribution >= 0.6 is 11.8 Å². The van der Waals surface area contributed by atoms with Gasteiger partial charge in [0.25, 0.3) is 0 Å². The summed E-state index contributed by atoms with van der Waals surface area (Å²) in [5.74, 6) is -2.04. The second-order valence-electron chi connectivity index (χ2n) is 6.12. The molecule has 3 rings (SSSR count). The molecule has 6 atom stereocenters. The van der Waals surface area contributed by atoms with Crippen LogP contribution in [0.15, 0.2) is 10.6 Å². The van der Waals surface area contributed by atoms with Gasteiger partial charge in [0.05, 0.1) is 24.7 Å². The molecular weight excluding hydrogens is 308 g/mol. The van der Waals surface area contributed by atoms with Crippen molar-refractivity contribution in [2.45, 2.75) is 43.9 Å². The molecule has 0 radical (unpaired) electrons. The standard InChI is InChI=1S/C14H20N2O5S/c1-5-10-9(6(2)17)13(18)16(10)11(14(19)20)12(5)22-7-3-8(15)21-4-7/h5-10,17H,3-4,15H2,1-2H3,(H,19,20)/t5-,6-,7-,8-,9-,10-/m1/s1. The van der Waals surface area contributed by atoms with Crippen LogP contribution in [0.3, 0.4) is 0 Å². The molecule has 0 aliphatic carbocycles. The summed E-state index contributed by atoms with van der Waals surface area (Å²) in [7, 11) is 0. The molecule has 122 valence electrons. The average Bonchev–Trinajstić information content (AvgIpc) is 2.92. The lowest BCUT2D eigenvalue weighted by atomic mass is 9.79. The number of hydrogen-bond acceptors (Lipinski definition) is 6. The van der Waals surface area contributed by atoms with Crippen molar-refractivity contribution >= 4 is 23.6 Å². The number of amides is 1. The van der Waals surface area contributed by atoms with Crippen LogP contribution in [0.4, 0.5) is 0 Å². The van der Waals surface area contributed by atoms with Gasteiger partial charge in [-0.1, -0.05) is 6.92 Å². The maximum atomic E-state index is 12.2. The third-order valence-corrected chi connectivity index (χ3v) is 6.08. The molecule has 0 spiro atoms. The Morgan fingerprint density at radius 1 is 1.55 bits per heavy atom. The summed E-state index contributed by atoms with van der Waals surface area (Å²) >= 11 is 1.44. The number of rotatable bonds is 4. The van der Waals surface area contributed by atoms with Crippen LogP contribution in [0.5, 0.6) is 0 Å². The highest BCUT2D eigenvalue weighted by Crippen LogP contribution is 2.51. The van der Waals surface area contributed by atoms with E-state index >= 15 is 0 Å². The monoisotopic (exact) mass is 328 g/mol. The average molecular weight is 328 g/mol. The number of aliphatic hydroxyl groups excluding tert-OH is 1. The first-order valence-electron chi connectivity index (χ1n) is 7.35. The summed E-state index contributed by atoms with van der Waals surface area (Å²) in [5.41, 5.74) is 5.77. The number of thioether (sulfide) groups is 1. The van der Waals surface area contributed by atoms with Gasteiger partial charge >= 0.3 is 5.97 Å². The number of nitrogens with two attached hydrogens (primary N) is 1. The summed E-state index contributed by atoms with van der Waals surface area (Å²) in [6.07, 6.45) is -0.433. The SMILES string of the molecule is C[C@@H](O)[C@H]1C(=O)N2C(C(=O)O)=C(S[C@H]3CO[C@@H](N)C3)[C@H](C)[C@H]12. The van der Waals surface area contributed by atoms with E-state index < -0.39 is 18.0 Å². The van der Waals surface area contributed by atoms with Gasteiger partial charge in [0.15, 0.2) is 0 Å². The highest BCUT2D eigenvalue weighted by Gasteiger charge is 2.60. The van der Waals surface area contributed by atoms with Crippen LogP contribution < -0.4 is 5.73 Å². The zero-order valence-corrected chi connectivity index (χ0v) is 13.2. The number of carbonyl (C=O) groups excluding carboxylic acids is 1. The fourth-order valence-corrected chi connectivity index (χ4v) is 5.01. The smallest absolute Gasteiger partial charge is 0.353 e. The molecule has 0 aromatic heterocycles. The molecule has 1 amide bonds. The topological polar surface area (TPSA) is 113 Å². The molecule has 0 aromatic rings. The van der Waals surface area contributed by atoms with E-state index in [1.54, 1.807) is 6.92 Å². The fraction of sp³-hybridized carbons (Fsp3) is 0.714. The molecule has 4 N–H and O–H groups in total. The van der Waals surface area contributed by atoms with Gasteiger partial charge in [-0.3, -0.25) is 4.79 Å². The van der Waals surface area contributed by atoms with Gasteiger partial charge in [-0.05, 0) is 6.92 Å². The normalized spacial score (nSPS) is 39.0. The predicted molar refractivity (Wildman–Crippen MR) is 79.6 cm³/mol. The molecule has 2 fully saturated rings. The van der Waals surface area contributed by atoms with E-state index in [0.29, 0.717) is 17.9 Å². The number of carboxylic acids is 1. The number of hydrogen-bond donors (Lipinski definition) is 3. The number of fused-ring (bicyclic) bond motifs is 1. The highest BCUT2D eigenvalue weighted by atomic mass is 32.2. The number of ether oxygens (including phenoxy) is 1. The minimum absolute atomic E-state index is 0.0601. The minimum atomic E-state index is -1.10. The Kier molecular flexibility index (Phi) is 3.96. The third kappa shape index (κ3) is 2.25. The van der Waals surface area contributed by atoms with E-state index in [1.165, 1.54) is 16.7 Å². The summed E-state index contributed by atoms with van der Waals surface area (Å²) in [6.45, 7) is 3.96. The number of β-lactam (4-membered cyclic amide) rings is 1. The molecule has 3 heterocycles. The first kappa shape index (κ1) is 15.8. The van der Waals surface area contributed by atoms with Crippen LogP contribution in [0.2, 0.25) is 0 Å². The lowest BCUT2D eigenvalue weighted by Crippen LogP contribution is -2.63. The summed E-state index contributed by atoms with van der Waals surface area (Å²) in [6, 6.07) is -0.267. The Hall–Kier alpha value is -1.09. The molecule has 7 nitrogen and oxygen atoms in total. The van der Waals surface area contributed by atoms with Gasteiger partial charge < -0.3 is 25.6 Å². The van der Waals surface area contributed by atoms with Crippen LogP contribution in [0.25, 0.3) is 0 Å². The van der Waals surface area contributed by atoms with Crippen molar-refractivity contribution < 1.29 is 24.5 Å². The minimum Gasteiger partial charge on any atom is -0.477 e. The summed E-state index contributed by atoms with van der Waals surface area (Å²) in [5, 5.41) is 19.4. The summed E-state index contributed by atoms with van der Waals surface area (Å²) < 4.78 is 5.32. The van der Waals surface area contributed by atoms with Gasteiger partial charge in [-0.2, -0.15) is 0 Å². The molecule has 8 heteroatoms. The van der Waals surface area contributed by atoms with E-state index in [9.17, 15) is 19.8 Å². The Morgan fingerprint density at radius 2 is 2.23 bits per heavy atom. The first-order chi connectivity index (χ1) is 10.3. The molecule has 0 bridgehead atoms. The fourth-order valence-electron chi connectivity index (χ4n) is 3.57. The molecule has 0 saturated carbocycles. The molecule has 22 heavy (non-hydrogen) atoms. The summed E-state index contributed by atoms with van der Waals surface area (Å²) in [4.78, 5) is 25.8. The van der Waals surface area contributed by atoms with Crippen molar-refractivity contribution in [3.8, 4) is 0 Å². The zero-order valence-electron chi connectivity index (χ0n) is 12.4. The van der Waals surface area contributed by atoms with Crippen LogP contribution in [0.1, 0.15) is 20.3 Å². The quantitative estimate of drug-likeness (QED) is 0.620. The highest BCUT2D eigenvalue weighted by molar-refractivity contribution is 8.03. The Labute approximate surface area is 132 Å². The largest absolute Gasteiger partial charge is 0.477 e. The third-order valence-electron chi connectivity index (χ3n) is 4.60. The lowest BCUT2D eigenvalue weighted by molar-refractivity contribution is -0.163. The number of carbonyl (C=O) groups is 2. The van der Waals surface area contributed by atoms with Gasteiger partial charge in [-0.25, -0.2) is 4.79 Å². The molecule has 0 aromatic carbocycles. The Morgan fingerprint density at radius 3 is 2.73 bits per heavy atom. The Balaban J connectivity index is 1.87. The molecule has 3 aliphatic heterocycles. The van der Waals surface area contributed by atoms with Gasteiger partial charge in [0.2, 0.25) is 5.91 Å². The second kappa shape index (κ2) is 5.52. The van der Waals surface area contributed by atoms with E-state index in [2.05, 4.69) is 0 Å². The van der Waals surface area contributed by atoms with Crippen molar-refractivity contribution in [3.05, 3.63) is 10.6 Å². The maximum Gasteiger partial charge on any atom is 0.353 e. The van der Waals surface area contributed by atoms with Gasteiger partial charge in [0.1, 0.15) is 11.9 Å². The van der Waals surface area contributed by atoms with E-state index in [-0.39, 0.29) is 35.0 Å². The number of aliphatic carboxylic acids is 1.